The highest BCUT2D eigenvalue weighted by Crippen LogP contribution is 2.23. The van der Waals surface area contributed by atoms with Crippen molar-refractivity contribution in [3.63, 3.8) is 0 Å². The van der Waals surface area contributed by atoms with Crippen molar-refractivity contribution in [1.82, 2.24) is 5.32 Å². The van der Waals surface area contributed by atoms with Gasteiger partial charge in [-0.15, -0.1) is 0 Å². The molecule has 466 valence electrons. The van der Waals surface area contributed by atoms with Crippen LogP contribution in [0.25, 0.3) is 0 Å². The van der Waals surface area contributed by atoms with Crippen LogP contribution in [0.1, 0.15) is 335 Å². The van der Waals surface area contributed by atoms with Gasteiger partial charge in [-0.2, -0.15) is 0 Å². The second kappa shape index (κ2) is 57.9. The van der Waals surface area contributed by atoms with Gasteiger partial charge in [-0.1, -0.05) is 289 Å². The monoisotopic (exact) mass is 1120 g/mol. The van der Waals surface area contributed by atoms with E-state index in [4.69, 9.17) is 14.2 Å². The number of esters is 1. The highest BCUT2D eigenvalue weighted by molar-refractivity contribution is 5.76. The average molecular weight is 1120 g/mol. The van der Waals surface area contributed by atoms with Crippen molar-refractivity contribution in [3.05, 3.63) is 24.3 Å². The molecule has 11 nitrogen and oxygen atoms in total. The molecule has 1 fully saturated rings. The molecule has 0 bridgehead atoms. The van der Waals surface area contributed by atoms with Crippen molar-refractivity contribution in [2.75, 3.05) is 19.8 Å². The maximum Gasteiger partial charge on any atom is 0.305 e. The summed E-state index contributed by atoms with van der Waals surface area (Å²) in [7, 11) is 0. The molecule has 0 spiro atoms. The van der Waals surface area contributed by atoms with Crippen LogP contribution in [0.4, 0.5) is 0 Å². The Morgan fingerprint density at radius 1 is 0.456 bits per heavy atom. The van der Waals surface area contributed by atoms with E-state index in [2.05, 4.69) is 31.3 Å². The zero-order chi connectivity index (χ0) is 57.3. The van der Waals surface area contributed by atoms with Crippen molar-refractivity contribution in [2.45, 2.75) is 378 Å². The maximum absolute atomic E-state index is 13.0. The fraction of sp³-hybridized carbons (Fsp3) is 0.912. The van der Waals surface area contributed by atoms with E-state index >= 15 is 0 Å². The Bertz CT molecular complexity index is 1360. The normalized spacial score (nSPS) is 18.5. The fourth-order valence-corrected chi connectivity index (χ4v) is 10.9. The van der Waals surface area contributed by atoms with Crippen molar-refractivity contribution in [3.8, 4) is 0 Å². The smallest absolute Gasteiger partial charge is 0.305 e. The molecule has 79 heavy (non-hydrogen) atoms. The van der Waals surface area contributed by atoms with E-state index in [0.29, 0.717) is 19.4 Å². The number of unbranched alkanes of at least 4 members (excludes halogenated alkanes) is 44. The molecule has 11 heteroatoms. The summed E-state index contributed by atoms with van der Waals surface area (Å²) in [5.41, 5.74) is 0. The first kappa shape index (κ1) is 75.2. The molecule has 7 atom stereocenters. The number of nitrogens with one attached hydrogen (secondary N) is 1. The predicted molar refractivity (Wildman–Crippen MR) is 329 cm³/mol. The van der Waals surface area contributed by atoms with E-state index < -0.39 is 49.5 Å². The van der Waals surface area contributed by atoms with Crippen molar-refractivity contribution in [1.29, 1.82) is 0 Å². The van der Waals surface area contributed by atoms with Gasteiger partial charge in [0, 0.05) is 12.8 Å². The van der Waals surface area contributed by atoms with Crippen LogP contribution in [0.5, 0.6) is 0 Å². The van der Waals surface area contributed by atoms with Crippen LogP contribution in [-0.4, -0.2) is 100 Å². The van der Waals surface area contributed by atoms with E-state index in [1.54, 1.807) is 6.08 Å². The van der Waals surface area contributed by atoms with E-state index in [1.165, 1.54) is 250 Å². The average Bonchev–Trinajstić information content (AvgIpc) is 3.47. The van der Waals surface area contributed by atoms with Crippen LogP contribution < -0.4 is 5.32 Å². The number of amides is 1. The number of carbonyl (C=O) groups excluding carboxylic acids is 2. The standard InChI is InChI=1S/C68H129NO10/c1-3-5-7-9-11-13-14-15-33-36-40-44-48-52-56-64(73)77-57-53-49-45-41-37-34-31-29-27-25-23-21-19-17-16-18-20-22-24-26-28-30-32-35-39-43-47-51-55-63(72)69-60(61(71)54-50-46-42-38-12-10-8-6-4-2)59-78-68-67(76)66(75)65(74)62(58-70)79-68/h14-15,50,54,60-62,65-68,70-71,74-76H,3-13,16-49,51-53,55-59H2,1-2H3,(H,69,72)/b15-14-,54-50+. The summed E-state index contributed by atoms with van der Waals surface area (Å²) in [5, 5.41) is 54.3. The highest BCUT2D eigenvalue weighted by Gasteiger charge is 2.44. The van der Waals surface area contributed by atoms with E-state index in [-0.39, 0.29) is 18.5 Å². The van der Waals surface area contributed by atoms with Crippen molar-refractivity contribution < 1.29 is 49.3 Å². The summed E-state index contributed by atoms with van der Waals surface area (Å²) in [6, 6.07) is -0.806. The number of aliphatic hydroxyl groups excluding tert-OH is 5. The number of ether oxygens (including phenoxy) is 3. The van der Waals surface area contributed by atoms with Gasteiger partial charge in [0.25, 0.3) is 0 Å². The molecular weight excluding hydrogens is 991 g/mol. The Morgan fingerprint density at radius 3 is 1.22 bits per heavy atom. The summed E-state index contributed by atoms with van der Waals surface area (Å²) in [6.07, 6.45) is 61.8. The van der Waals surface area contributed by atoms with E-state index in [0.717, 1.165) is 57.8 Å². The molecule has 0 aromatic rings. The molecule has 0 saturated carbocycles. The summed E-state index contributed by atoms with van der Waals surface area (Å²) >= 11 is 0. The first-order valence-corrected chi connectivity index (χ1v) is 34.1. The second-order valence-corrected chi connectivity index (χ2v) is 23.9. The van der Waals surface area contributed by atoms with Gasteiger partial charge in [0.2, 0.25) is 5.91 Å². The largest absolute Gasteiger partial charge is 0.466 e. The Kier molecular flexibility index (Phi) is 55.1. The van der Waals surface area contributed by atoms with Crippen LogP contribution in [0.15, 0.2) is 24.3 Å². The molecule has 0 aromatic carbocycles. The van der Waals surface area contributed by atoms with Gasteiger partial charge < -0.3 is 45.1 Å². The van der Waals surface area contributed by atoms with Crippen LogP contribution in [-0.2, 0) is 23.8 Å². The lowest BCUT2D eigenvalue weighted by Gasteiger charge is -2.40. The third kappa shape index (κ3) is 47.2. The Morgan fingerprint density at radius 2 is 0.810 bits per heavy atom. The van der Waals surface area contributed by atoms with Crippen molar-refractivity contribution in [2.24, 2.45) is 0 Å². The first-order chi connectivity index (χ1) is 38.7. The number of hydrogen-bond acceptors (Lipinski definition) is 10. The Hall–Kier alpha value is -1.86. The topological polar surface area (TPSA) is 175 Å². The molecule has 1 amide bonds. The van der Waals surface area contributed by atoms with Crippen LogP contribution >= 0.6 is 0 Å². The van der Waals surface area contributed by atoms with Gasteiger partial charge in [0.1, 0.15) is 24.4 Å². The second-order valence-electron chi connectivity index (χ2n) is 23.9. The third-order valence-corrected chi connectivity index (χ3v) is 16.3. The lowest BCUT2D eigenvalue weighted by Crippen LogP contribution is -2.60. The SMILES string of the molecule is CCCCCCC/C=C\CCCCCCCC(=O)OCCCCCCCCCCCCCCCCCCCCCCCCCCCCCCC(=O)NC(COC1OC(CO)C(O)C(O)C1O)C(O)/C=C/CCCCCCCCC. The van der Waals surface area contributed by atoms with Gasteiger partial charge in [-0.3, -0.25) is 9.59 Å². The lowest BCUT2D eigenvalue weighted by molar-refractivity contribution is -0.302. The zero-order valence-electron chi connectivity index (χ0n) is 51.6. The minimum absolute atomic E-state index is 0.00146. The maximum atomic E-state index is 13.0. The molecular formula is C68H129NO10. The zero-order valence-corrected chi connectivity index (χ0v) is 51.6. The molecule has 0 aliphatic carbocycles. The lowest BCUT2D eigenvalue weighted by atomic mass is 9.99. The third-order valence-electron chi connectivity index (χ3n) is 16.3. The minimum Gasteiger partial charge on any atom is -0.466 e. The summed E-state index contributed by atoms with van der Waals surface area (Å²) in [6.45, 7) is 4.33. The van der Waals surface area contributed by atoms with E-state index in [1.807, 2.05) is 6.08 Å². The van der Waals surface area contributed by atoms with Crippen LogP contribution in [0.2, 0.25) is 0 Å². The van der Waals surface area contributed by atoms with Crippen LogP contribution in [0.3, 0.4) is 0 Å². The molecule has 7 unspecified atom stereocenters. The number of hydrogen-bond donors (Lipinski definition) is 6. The first-order valence-electron chi connectivity index (χ1n) is 34.1. The van der Waals surface area contributed by atoms with Gasteiger partial charge >= 0.3 is 5.97 Å². The Labute approximate surface area is 486 Å². The molecule has 1 saturated heterocycles. The van der Waals surface area contributed by atoms with Gasteiger partial charge in [-0.05, 0) is 57.8 Å². The van der Waals surface area contributed by atoms with Crippen LogP contribution in [0, 0.1) is 0 Å². The fourth-order valence-electron chi connectivity index (χ4n) is 10.9. The number of carbonyl (C=O) groups is 2. The molecule has 0 radical (unpaired) electrons. The molecule has 1 aliphatic rings. The molecule has 1 rings (SSSR count). The number of rotatable bonds is 60. The van der Waals surface area contributed by atoms with E-state index in [9.17, 15) is 35.1 Å². The highest BCUT2D eigenvalue weighted by atomic mass is 16.7. The summed E-state index contributed by atoms with van der Waals surface area (Å²) in [4.78, 5) is 25.1. The van der Waals surface area contributed by atoms with Gasteiger partial charge in [0.05, 0.1) is 32.0 Å². The predicted octanol–water partition coefficient (Wildman–Crippen LogP) is 16.8. The summed E-state index contributed by atoms with van der Waals surface area (Å²) in [5.74, 6) is -0.178. The molecule has 6 N–H and O–H groups in total. The molecule has 1 aliphatic heterocycles. The minimum atomic E-state index is -1.57. The van der Waals surface area contributed by atoms with Crippen molar-refractivity contribution >= 4 is 11.9 Å². The summed E-state index contributed by atoms with van der Waals surface area (Å²) < 4.78 is 16.7. The number of aliphatic hydroxyl groups is 5. The number of allylic oxidation sites excluding steroid dienone is 3. The van der Waals surface area contributed by atoms with Gasteiger partial charge in [-0.25, -0.2) is 0 Å². The quantitative estimate of drug-likeness (QED) is 0.0195. The molecule has 1 heterocycles. The Balaban J connectivity index is 1.92. The van der Waals surface area contributed by atoms with Gasteiger partial charge in [0.15, 0.2) is 6.29 Å². The molecule has 0 aromatic heterocycles.